The monoisotopic (exact) mass is 638 g/mol. The maximum absolute atomic E-state index is 12.2. The maximum atomic E-state index is 12.2. The van der Waals surface area contributed by atoms with E-state index in [9.17, 15) is 59.7 Å². The molecule has 0 aromatic carbocycles. The Hall–Kier alpha value is -2.61. The lowest BCUT2D eigenvalue weighted by Crippen LogP contribution is -2.64. The van der Waals surface area contributed by atoms with Gasteiger partial charge in [-0.05, 0) is 32.6 Å². The van der Waals surface area contributed by atoms with Crippen molar-refractivity contribution in [3.05, 3.63) is 0 Å². The standard InChI is InChI=1S/C27H42O17/c1-26(2,3)21-15(32)13(30)17(19(42-21)23(36)37)40-10(8-28)7-11(22(34)35)12(9-29)41-25-16(33)14(31)18(44-27(4,5)6)20(43-25)24(38)39/h8-21,25,30-33H,7H2,1-6H3,(H,34,35)(H,36,37)(H,38,39)/t10?,11?,12?,13?,14?,15-,16-,17+,18+,19?,20?,21+,25+/m1/s1. The molecule has 0 radical (unpaired) electrons. The van der Waals surface area contributed by atoms with Gasteiger partial charge in [-0.3, -0.25) is 4.79 Å². The van der Waals surface area contributed by atoms with Crippen molar-refractivity contribution in [2.75, 3.05) is 0 Å². The molecule has 0 aliphatic carbocycles. The second kappa shape index (κ2) is 14.7. The van der Waals surface area contributed by atoms with Crippen LogP contribution in [0.1, 0.15) is 48.0 Å². The zero-order valence-corrected chi connectivity index (χ0v) is 25.1. The number of aliphatic hydroxyl groups excluding tert-OH is 4. The Morgan fingerprint density at radius 2 is 1.27 bits per heavy atom. The van der Waals surface area contributed by atoms with Crippen LogP contribution in [0.25, 0.3) is 0 Å². The van der Waals surface area contributed by atoms with Gasteiger partial charge in [0.05, 0.1) is 17.6 Å². The SMILES string of the molecule is CC(C)(C)O[C@@H]1C(C(=O)O)O[C@H](OC(C=O)C(CC(C=O)O[C@@H]2C(C(=O)O)O[C@H](C(C)(C)C)[C@H](O)C2O)C(=O)O)[C@H](O)C1O. The summed E-state index contributed by atoms with van der Waals surface area (Å²) in [5, 5.41) is 71.7. The molecule has 2 heterocycles. The number of aliphatic carboxylic acids is 3. The molecule has 7 unspecified atom stereocenters. The third-order valence-corrected chi connectivity index (χ3v) is 7.07. The van der Waals surface area contributed by atoms with E-state index in [4.69, 9.17) is 23.7 Å². The van der Waals surface area contributed by atoms with Gasteiger partial charge < -0.3 is 69.0 Å². The maximum Gasteiger partial charge on any atom is 0.335 e. The number of aliphatic hydroxyl groups is 4. The molecule has 0 saturated carbocycles. The van der Waals surface area contributed by atoms with Crippen molar-refractivity contribution in [2.45, 2.75) is 127 Å². The molecule has 13 atom stereocenters. The van der Waals surface area contributed by atoms with E-state index in [1.54, 1.807) is 41.5 Å². The molecule has 7 N–H and O–H groups in total. The van der Waals surface area contributed by atoms with Gasteiger partial charge in [-0.25, -0.2) is 9.59 Å². The minimum absolute atomic E-state index is 0.0209. The van der Waals surface area contributed by atoms with Crippen LogP contribution in [0.3, 0.4) is 0 Å². The van der Waals surface area contributed by atoms with Crippen molar-refractivity contribution in [2.24, 2.45) is 11.3 Å². The zero-order chi connectivity index (χ0) is 33.9. The van der Waals surface area contributed by atoms with E-state index < -0.39 is 115 Å². The first kappa shape index (κ1) is 37.6. The molecule has 0 aromatic rings. The predicted molar refractivity (Wildman–Crippen MR) is 142 cm³/mol. The Labute approximate surface area is 252 Å². The number of hydrogen-bond donors (Lipinski definition) is 7. The Morgan fingerprint density at radius 1 is 0.750 bits per heavy atom. The minimum Gasteiger partial charge on any atom is -0.481 e. The molecule has 0 aromatic heterocycles. The van der Waals surface area contributed by atoms with Crippen LogP contribution in [0.15, 0.2) is 0 Å². The van der Waals surface area contributed by atoms with Crippen LogP contribution in [0.2, 0.25) is 0 Å². The van der Waals surface area contributed by atoms with Crippen molar-refractivity contribution in [3.63, 3.8) is 0 Å². The van der Waals surface area contributed by atoms with E-state index in [0.717, 1.165) is 0 Å². The van der Waals surface area contributed by atoms with Gasteiger partial charge in [-0.15, -0.1) is 0 Å². The topological polar surface area (TPSA) is 273 Å². The summed E-state index contributed by atoms with van der Waals surface area (Å²) < 4.78 is 27.0. The van der Waals surface area contributed by atoms with Gasteiger partial charge in [0.25, 0.3) is 0 Å². The van der Waals surface area contributed by atoms with Crippen molar-refractivity contribution < 1.29 is 83.4 Å². The summed E-state index contributed by atoms with van der Waals surface area (Å²) in [4.78, 5) is 59.9. The van der Waals surface area contributed by atoms with Gasteiger partial charge in [0.15, 0.2) is 18.5 Å². The lowest BCUT2D eigenvalue weighted by molar-refractivity contribution is -0.318. The zero-order valence-electron chi connectivity index (χ0n) is 25.1. The minimum atomic E-state index is -2.05. The number of carboxylic acids is 3. The Kier molecular flexibility index (Phi) is 12.5. The first-order valence-corrected chi connectivity index (χ1v) is 13.8. The van der Waals surface area contributed by atoms with Gasteiger partial charge >= 0.3 is 17.9 Å². The number of carbonyl (C=O) groups excluding carboxylic acids is 2. The molecule has 0 amide bonds. The molecule has 252 valence electrons. The lowest BCUT2D eigenvalue weighted by atomic mass is 9.80. The largest absolute Gasteiger partial charge is 0.481 e. The first-order chi connectivity index (χ1) is 20.1. The van der Waals surface area contributed by atoms with Gasteiger partial charge in [0, 0.05) is 0 Å². The predicted octanol–water partition coefficient (Wildman–Crippen LogP) is -2.05. The number of carbonyl (C=O) groups is 5. The van der Waals surface area contributed by atoms with Crippen LogP contribution in [-0.2, 0) is 47.7 Å². The molecular formula is C27H42O17. The van der Waals surface area contributed by atoms with Crippen molar-refractivity contribution in [1.82, 2.24) is 0 Å². The molecule has 17 heteroatoms. The van der Waals surface area contributed by atoms with E-state index >= 15 is 0 Å². The first-order valence-electron chi connectivity index (χ1n) is 13.8. The summed E-state index contributed by atoms with van der Waals surface area (Å²) >= 11 is 0. The number of ether oxygens (including phenoxy) is 5. The van der Waals surface area contributed by atoms with Crippen LogP contribution < -0.4 is 0 Å². The van der Waals surface area contributed by atoms with E-state index in [1.165, 1.54) is 0 Å². The summed E-state index contributed by atoms with van der Waals surface area (Å²) in [6, 6.07) is 0. The second-order valence-corrected chi connectivity index (χ2v) is 12.8. The highest BCUT2D eigenvalue weighted by atomic mass is 16.7. The summed E-state index contributed by atoms with van der Waals surface area (Å²) in [6.45, 7) is 9.54. The van der Waals surface area contributed by atoms with Crippen molar-refractivity contribution >= 4 is 30.5 Å². The van der Waals surface area contributed by atoms with E-state index in [1.807, 2.05) is 0 Å². The van der Waals surface area contributed by atoms with Gasteiger partial charge in [0.2, 0.25) is 0 Å². The molecule has 2 aliphatic heterocycles. The van der Waals surface area contributed by atoms with Crippen molar-refractivity contribution in [1.29, 1.82) is 0 Å². The third-order valence-electron chi connectivity index (χ3n) is 7.07. The average molecular weight is 639 g/mol. The highest BCUT2D eigenvalue weighted by molar-refractivity contribution is 5.77. The normalized spacial score (nSPS) is 35.2. The molecular weight excluding hydrogens is 596 g/mol. The second-order valence-electron chi connectivity index (χ2n) is 12.8. The lowest BCUT2D eigenvalue weighted by Gasteiger charge is -2.46. The molecule has 0 bridgehead atoms. The molecule has 2 fully saturated rings. The van der Waals surface area contributed by atoms with Crippen LogP contribution in [0, 0.1) is 11.3 Å². The number of rotatable bonds is 13. The highest BCUT2D eigenvalue weighted by Gasteiger charge is 2.54. The number of hydrogen-bond acceptors (Lipinski definition) is 14. The van der Waals surface area contributed by atoms with Crippen LogP contribution >= 0.6 is 0 Å². The van der Waals surface area contributed by atoms with Crippen molar-refractivity contribution in [3.8, 4) is 0 Å². The van der Waals surface area contributed by atoms with Crippen LogP contribution in [-0.4, -0.2) is 145 Å². The highest BCUT2D eigenvalue weighted by Crippen LogP contribution is 2.35. The molecule has 2 saturated heterocycles. The smallest absolute Gasteiger partial charge is 0.335 e. The summed E-state index contributed by atoms with van der Waals surface area (Å²) in [5.41, 5.74) is -1.82. The Bertz CT molecular complexity index is 1030. The Balaban J connectivity index is 2.28. The fraction of sp³-hybridized carbons (Fsp3) is 0.815. The summed E-state index contributed by atoms with van der Waals surface area (Å²) in [6.07, 6.45) is -22.6. The number of aldehydes is 2. The third kappa shape index (κ3) is 8.98. The van der Waals surface area contributed by atoms with E-state index in [2.05, 4.69) is 0 Å². The van der Waals surface area contributed by atoms with Crippen LogP contribution in [0.5, 0.6) is 0 Å². The molecule has 2 aliphatic rings. The van der Waals surface area contributed by atoms with E-state index in [-0.39, 0.29) is 12.6 Å². The number of carboxylic acid groups (broad SMARTS) is 3. The Morgan fingerprint density at radius 3 is 1.70 bits per heavy atom. The summed E-state index contributed by atoms with van der Waals surface area (Å²) in [5.74, 6) is -6.90. The van der Waals surface area contributed by atoms with E-state index in [0.29, 0.717) is 0 Å². The molecule has 0 spiro atoms. The van der Waals surface area contributed by atoms with Gasteiger partial charge in [0.1, 0.15) is 61.4 Å². The quantitative estimate of drug-likeness (QED) is 0.107. The fourth-order valence-electron chi connectivity index (χ4n) is 4.97. The summed E-state index contributed by atoms with van der Waals surface area (Å²) in [7, 11) is 0. The molecule has 44 heavy (non-hydrogen) atoms. The van der Waals surface area contributed by atoms with Gasteiger partial charge in [-0.2, -0.15) is 0 Å². The molecule has 17 nitrogen and oxygen atoms in total. The average Bonchev–Trinajstić information content (AvgIpc) is 2.89. The van der Waals surface area contributed by atoms with Crippen LogP contribution in [0.4, 0.5) is 0 Å². The fourth-order valence-corrected chi connectivity index (χ4v) is 4.97. The molecule has 2 rings (SSSR count). The van der Waals surface area contributed by atoms with Gasteiger partial charge in [-0.1, -0.05) is 20.8 Å².